The Bertz CT molecular complexity index is 322. The van der Waals surface area contributed by atoms with Gasteiger partial charge in [-0.1, -0.05) is 70.4 Å². The smallest absolute Gasteiger partial charge is 0.136 e. The van der Waals surface area contributed by atoms with Gasteiger partial charge in [0.05, 0.1) is 4.58 Å². The van der Waals surface area contributed by atoms with Crippen molar-refractivity contribution in [2.75, 3.05) is 11.5 Å². The van der Waals surface area contributed by atoms with Crippen LogP contribution in [-0.4, -0.2) is 21.9 Å². The van der Waals surface area contributed by atoms with Gasteiger partial charge < -0.3 is 0 Å². The van der Waals surface area contributed by atoms with Crippen LogP contribution in [-0.2, 0) is 4.79 Å². The summed E-state index contributed by atoms with van der Waals surface area (Å²) < 4.78 is 0.907. The molecule has 0 N–H and O–H groups in total. The van der Waals surface area contributed by atoms with E-state index in [0.717, 1.165) is 23.8 Å². The minimum absolute atomic E-state index is 0.418. The predicted molar refractivity (Wildman–Crippen MR) is 113 cm³/mol. The Morgan fingerprint density at radius 1 is 0.875 bits per heavy atom. The number of allylic oxidation sites excluding steroid dienone is 2. The lowest BCUT2D eigenvalue weighted by Gasteiger charge is -2.06. The molecule has 1 aliphatic heterocycles. The van der Waals surface area contributed by atoms with Crippen LogP contribution >= 0.6 is 23.5 Å². The van der Waals surface area contributed by atoms with E-state index in [9.17, 15) is 4.79 Å². The Morgan fingerprint density at radius 3 is 2.29 bits per heavy atom. The zero-order valence-electron chi connectivity index (χ0n) is 15.8. The normalized spacial score (nSPS) is 15.5. The minimum atomic E-state index is 0.418. The molecule has 24 heavy (non-hydrogen) atoms. The Balaban J connectivity index is 1.78. The van der Waals surface area contributed by atoms with Crippen LogP contribution in [0.3, 0.4) is 0 Å². The number of hydrogen-bond acceptors (Lipinski definition) is 3. The fraction of sp³-hybridized carbons (Fsp3) is 0.857. The summed E-state index contributed by atoms with van der Waals surface area (Å²) in [6.07, 6.45) is 21.4. The highest BCUT2D eigenvalue weighted by Gasteiger charge is 2.14. The summed E-state index contributed by atoms with van der Waals surface area (Å²) in [5.74, 6) is 3.15. The highest BCUT2D eigenvalue weighted by atomic mass is 32.2. The lowest BCUT2D eigenvalue weighted by molar-refractivity contribution is -0.118. The molecular formula is C21H38OS2. The summed E-state index contributed by atoms with van der Waals surface area (Å²) in [6.45, 7) is 2.21. The molecule has 0 atom stereocenters. The number of Topliss-reactive ketones (excluding diaryl/α,β-unsaturated/α-hetero) is 1. The van der Waals surface area contributed by atoms with E-state index < -0.39 is 0 Å². The summed E-state index contributed by atoms with van der Waals surface area (Å²) in [5, 5.41) is 0. The second-order valence-corrected chi connectivity index (χ2v) is 9.81. The van der Waals surface area contributed by atoms with Crippen LogP contribution in [0, 0.1) is 0 Å². The molecule has 3 heteroatoms. The third-order valence-corrected chi connectivity index (χ3v) is 7.74. The molecular weight excluding hydrogens is 332 g/mol. The Labute approximate surface area is 159 Å². The van der Waals surface area contributed by atoms with Gasteiger partial charge in [0.15, 0.2) is 0 Å². The number of rotatable bonds is 16. The van der Waals surface area contributed by atoms with Crippen LogP contribution < -0.4 is 0 Å². The number of unbranched alkanes of at least 4 members (excludes halogenated alkanes) is 9. The Kier molecular flexibility index (Phi) is 15.3. The number of thioether (sulfide) groups is 2. The highest BCUT2D eigenvalue weighted by molar-refractivity contribution is 8.20. The van der Waals surface area contributed by atoms with Gasteiger partial charge in [0.1, 0.15) is 5.78 Å². The average Bonchev–Trinajstić information content (AvgIpc) is 3.10. The second-order valence-electron chi connectivity index (χ2n) is 6.89. The first-order valence-corrected chi connectivity index (χ1v) is 12.3. The van der Waals surface area contributed by atoms with Crippen molar-refractivity contribution in [3.05, 3.63) is 12.2 Å². The van der Waals surface area contributed by atoms with Crippen molar-refractivity contribution in [3.8, 4) is 0 Å². The third kappa shape index (κ3) is 13.4. The molecule has 0 aromatic rings. The summed E-state index contributed by atoms with van der Waals surface area (Å²) in [7, 11) is 0. The first-order valence-electron chi connectivity index (χ1n) is 10.2. The maximum atomic E-state index is 11.7. The lowest BCUT2D eigenvalue weighted by atomic mass is 10.1. The van der Waals surface area contributed by atoms with Crippen molar-refractivity contribution >= 4 is 29.3 Å². The molecule has 1 heterocycles. The quantitative estimate of drug-likeness (QED) is 0.208. The average molecular weight is 371 g/mol. The third-order valence-electron chi connectivity index (χ3n) is 4.57. The maximum absolute atomic E-state index is 11.7. The number of carbonyl (C=O) groups excluding carboxylic acids is 1. The molecule has 0 aliphatic carbocycles. The lowest BCUT2D eigenvalue weighted by Crippen LogP contribution is -1.95. The highest BCUT2D eigenvalue weighted by Crippen LogP contribution is 2.35. The van der Waals surface area contributed by atoms with Gasteiger partial charge in [0.25, 0.3) is 0 Å². The van der Waals surface area contributed by atoms with E-state index in [4.69, 9.17) is 0 Å². The van der Waals surface area contributed by atoms with E-state index in [1.54, 1.807) is 0 Å². The monoisotopic (exact) mass is 370 g/mol. The molecule has 1 saturated heterocycles. The first kappa shape index (κ1) is 22.2. The Hall–Kier alpha value is 0.110. The van der Waals surface area contributed by atoms with Crippen LogP contribution in [0.5, 0.6) is 0 Å². The molecule has 1 rings (SSSR count). The minimum Gasteiger partial charge on any atom is -0.299 e. The van der Waals surface area contributed by atoms with Gasteiger partial charge in [-0.25, -0.2) is 0 Å². The zero-order chi connectivity index (χ0) is 17.3. The predicted octanol–water partition coefficient (Wildman–Crippen LogP) is 7.40. The molecule has 0 unspecified atom stereocenters. The van der Waals surface area contributed by atoms with Gasteiger partial charge in [0, 0.05) is 24.3 Å². The number of carbonyl (C=O) groups is 1. The topological polar surface area (TPSA) is 17.1 Å². The van der Waals surface area contributed by atoms with Crippen molar-refractivity contribution in [3.63, 3.8) is 0 Å². The van der Waals surface area contributed by atoms with Crippen molar-refractivity contribution in [1.29, 1.82) is 0 Å². The van der Waals surface area contributed by atoms with E-state index in [0.29, 0.717) is 12.2 Å². The largest absolute Gasteiger partial charge is 0.299 e. The van der Waals surface area contributed by atoms with Crippen LogP contribution in [0.25, 0.3) is 0 Å². The number of ketones is 1. The Morgan fingerprint density at radius 2 is 1.54 bits per heavy atom. The standard InChI is InChI=1S/C21H38OS2/c1-2-3-4-12-15-20(22)16-13-10-8-6-5-7-9-11-14-17-21-23-18-19-24-21/h10,13,21H,2-9,11-12,14-19H2,1H3/b13-10+. The summed E-state index contributed by atoms with van der Waals surface area (Å²) >= 11 is 4.32. The first-order chi connectivity index (χ1) is 11.8. The summed E-state index contributed by atoms with van der Waals surface area (Å²) in [4.78, 5) is 11.7. The van der Waals surface area contributed by atoms with Crippen molar-refractivity contribution in [2.45, 2.75) is 101 Å². The van der Waals surface area contributed by atoms with E-state index in [-0.39, 0.29) is 0 Å². The van der Waals surface area contributed by atoms with Gasteiger partial charge in [-0.3, -0.25) is 4.79 Å². The van der Waals surface area contributed by atoms with Gasteiger partial charge in [-0.2, -0.15) is 0 Å². The van der Waals surface area contributed by atoms with Gasteiger partial charge in [0.2, 0.25) is 0 Å². The molecule has 0 bridgehead atoms. The van der Waals surface area contributed by atoms with Crippen LogP contribution in [0.2, 0.25) is 0 Å². The van der Waals surface area contributed by atoms with E-state index >= 15 is 0 Å². The summed E-state index contributed by atoms with van der Waals surface area (Å²) in [5.41, 5.74) is 0. The van der Waals surface area contributed by atoms with Crippen molar-refractivity contribution < 1.29 is 4.79 Å². The molecule has 1 nitrogen and oxygen atoms in total. The van der Waals surface area contributed by atoms with Crippen LogP contribution in [0.1, 0.15) is 96.8 Å². The number of hydrogen-bond donors (Lipinski definition) is 0. The molecule has 0 radical (unpaired) electrons. The SMILES string of the molecule is CCCCCCC(=O)C/C=C/CCCCCCCCC1SCCS1. The molecule has 0 amide bonds. The fourth-order valence-electron chi connectivity index (χ4n) is 3.04. The van der Waals surface area contributed by atoms with E-state index in [1.807, 2.05) is 0 Å². The van der Waals surface area contributed by atoms with Crippen molar-refractivity contribution in [2.24, 2.45) is 0 Å². The van der Waals surface area contributed by atoms with Crippen LogP contribution in [0.4, 0.5) is 0 Å². The van der Waals surface area contributed by atoms with Crippen molar-refractivity contribution in [1.82, 2.24) is 0 Å². The maximum Gasteiger partial charge on any atom is 0.136 e. The van der Waals surface area contributed by atoms with E-state index in [1.165, 1.54) is 75.7 Å². The molecule has 140 valence electrons. The molecule has 0 spiro atoms. The molecule has 0 saturated carbocycles. The zero-order valence-corrected chi connectivity index (χ0v) is 17.4. The molecule has 0 aromatic carbocycles. The molecule has 1 aliphatic rings. The van der Waals surface area contributed by atoms with Gasteiger partial charge >= 0.3 is 0 Å². The van der Waals surface area contributed by atoms with Crippen LogP contribution in [0.15, 0.2) is 12.2 Å². The summed E-state index contributed by atoms with van der Waals surface area (Å²) in [6, 6.07) is 0. The molecule has 0 aromatic heterocycles. The van der Waals surface area contributed by atoms with E-state index in [2.05, 4.69) is 42.6 Å². The second kappa shape index (κ2) is 16.6. The van der Waals surface area contributed by atoms with Gasteiger partial charge in [-0.15, -0.1) is 23.5 Å². The van der Waals surface area contributed by atoms with Gasteiger partial charge in [-0.05, 0) is 25.7 Å². The molecule has 1 fully saturated rings. The fourth-order valence-corrected chi connectivity index (χ4v) is 5.96.